The summed E-state index contributed by atoms with van der Waals surface area (Å²) in [5.41, 5.74) is 1.86. The minimum atomic E-state index is -4.24. The van der Waals surface area contributed by atoms with Crippen LogP contribution in [0.4, 0.5) is 4.39 Å². The average molecular weight is 461 g/mol. The number of halogens is 2. The molecule has 0 spiro atoms. The van der Waals surface area contributed by atoms with E-state index in [0.717, 1.165) is 24.0 Å². The van der Waals surface area contributed by atoms with Crippen molar-refractivity contribution in [1.29, 1.82) is 0 Å². The fraction of sp³-hybridized carbons (Fsp3) is 0.350. The predicted octanol–water partition coefficient (Wildman–Crippen LogP) is 2.70. The number of hydrogen-bond donors (Lipinski definition) is 3. The van der Waals surface area contributed by atoms with Crippen molar-refractivity contribution in [2.75, 3.05) is 12.5 Å². The summed E-state index contributed by atoms with van der Waals surface area (Å²) < 4.78 is 48.7. The Morgan fingerprint density at radius 1 is 1.17 bits per heavy atom. The molecule has 30 heavy (non-hydrogen) atoms. The van der Waals surface area contributed by atoms with Gasteiger partial charge in [0, 0.05) is 6.54 Å². The van der Waals surface area contributed by atoms with Gasteiger partial charge in [-0.1, -0.05) is 24.3 Å². The maximum absolute atomic E-state index is 13.1. The van der Waals surface area contributed by atoms with E-state index in [1.165, 1.54) is 12.1 Å². The van der Waals surface area contributed by atoms with E-state index in [-0.39, 0.29) is 18.2 Å². The SMILES string of the molecule is CC(NCc1ccc(OCCCc2cccc(F)c2)cc1)C(=O)NCS(=O)(=O)O.Cl. The maximum atomic E-state index is 13.1. The molecule has 0 aliphatic rings. The van der Waals surface area contributed by atoms with Crippen LogP contribution in [0.5, 0.6) is 5.75 Å². The monoisotopic (exact) mass is 460 g/mol. The summed E-state index contributed by atoms with van der Waals surface area (Å²) in [6, 6.07) is 13.2. The summed E-state index contributed by atoms with van der Waals surface area (Å²) in [7, 11) is -4.24. The quantitative estimate of drug-likeness (QED) is 0.352. The zero-order chi connectivity index (χ0) is 21.3. The second kappa shape index (κ2) is 12.5. The van der Waals surface area contributed by atoms with E-state index in [1.54, 1.807) is 13.0 Å². The number of rotatable bonds is 11. The minimum Gasteiger partial charge on any atom is -0.494 e. The second-order valence-electron chi connectivity index (χ2n) is 6.60. The molecular formula is C20H26ClFN2O5S. The van der Waals surface area contributed by atoms with Crippen molar-refractivity contribution in [3.05, 3.63) is 65.5 Å². The van der Waals surface area contributed by atoms with Gasteiger partial charge in [0.25, 0.3) is 10.1 Å². The molecule has 0 aliphatic heterocycles. The van der Waals surface area contributed by atoms with E-state index in [4.69, 9.17) is 9.29 Å². The third-order valence-electron chi connectivity index (χ3n) is 4.13. The minimum absolute atomic E-state index is 0. The van der Waals surface area contributed by atoms with Gasteiger partial charge >= 0.3 is 0 Å². The van der Waals surface area contributed by atoms with E-state index in [0.29, 0.717) is 18.9 Å². The van der Waals surface area contributed by atoms with Crippen molar-refractivity contribution in [3.8, 4) is 5.75 Å². The molecule has 0 aromatic heterocycles. The number of benzene rings is 2. The first-order valence-corrected chi connectivity index (χ1v) is 10.8. The molecule has 2 aromatic rings. The van der Waals surface area contributed by atoms with Crippen LogP contribution >= 0.6 is 12.4 Å². The first kappa shape index (κ1) is 25.8. The van der Waals surface area contributed by atoms with Crippen LogP contribution in [0.15, 0.2) is 48.5 Å². The fourth-order valence-electron chi connectivity index (χ4n) is 2.54. The molecule has 1 unspecified atom stereocenters. The van der Waals surface area contributed by atoms with Gasteiger partial charge in [-0.3, -0.25) is 9.35 Å². The normalized spacial score (nSPS) is 12.0. The summed E-state index contributed by atoms with van der Waals surface area (Å²) in [5, 5.41) is 5.10. The highest BCUT2D eigenvalue weighted by Gasteiger charge is 2.14. The number of ether oxygens (including phenoxy) is 1. The fourth-order valence-corrected chi connectivity index (χ4v) is 2.87. The predicted molar refractivity (Wildman–Crippen MR) is 115 cm³/mol. The Balaban J connectivity index is 0.00000450. The number of amides is 1. The largest absolute Gasteiger partial charge is 0.494 e. The summed E-state index contributed by atoms with van der Waals surface area (Å²) >= 11 is 0. The molecule has 3 N–H and O–H groups in total. The molecule has 0 bridgehead atoms. The van der Waals surface area contributed by atoms with Crippen LogP contribution in [0.1, 0.15) is 24.5 Å². The van der Waals surface area contributed by atoms with Gasteiger partial charge in [0.2, 0.25) is 5.91 Å². The molecule has 7 nitrogen and oxygen atoms in total. The highest BCUT2D eigenvalue weighted by atomic mass is 35.5. The van der Waals surface area contributed by atoms with Crippen LogP contribution in [-0.2, 0) is 27.9 Å². The molecular weight excluding hydrogens is 435 g/mol. The third-order valence-corrected chi connectivity index (χ3v) is 4.63. The lowest BCUT2D eigenvalue weighted by molar-refractivity contribution is -0.122. The Hall–Kier alpha value is -2.20. The molecule has 0 radical (unpaired) electrons. The van der Waals surface area contributed by atoms with Crippen molar-refractivity contribution >= 4 is 28.4 Å². The van der Waals surface area contributed by atoms with Crippen LogP contribution in [0.2, 0.25) is 0 Å². The Bertz CT molecular complexity index is 910. The maximum Gasteiger partial charge on any atom is 0.283 e. The van der Waals surface area contributed by atoms with Gasteiger partial charge < -0.3 is 15.4 Å². The van der Waals surface area contributed by atoms with Gasteiger partial charge in [-0.2, -0.15) is 8.42 Å². The van der Waals surface area contributed by atoms with Gasteiger partial charge in [0.05, 0.1) is 12.6 Å². The molecule has 1 atom stereocenters. The standard InChI is InChI=1S/C20H25FN2O5S.ClH/c1-15(20(24)23-14-29(25,26)27)22-13-17-7-9-19(10-8-17)28-11-3-5-16-4-2-6-18(21)12-16;/h2,4,6-10,12,15,22H,3,5,11,13-14H2,1H3,(H,23,24)(H,25,26,27);1H. The van der Waals surface area contributed by atoms with Crippen LogP contribution in [-0.4, -0.2) is 37.4 Å². The van der Waals surface area contributed by atoms with Crippen LogP contribution in [0, 0.1) is 5.82 Å². The number of hydrogen-bond acceptors (Lipinski definition) is 5. The molecule has 1 amide bonds. The van der Waals surface area contributed by atoms with Crippen LogP contribution in [0.25, 0.3) is 0 Å². The number of nitrogens with one attached hydrogen (secondary N) is 2. The first-order chi connectivity index (χ1) is 13.7. The van der Waals surface area contributed by atoms with Crippen molar-refractivity contribution in [3.63, 3.8) is 0 Å². The van der Waals surface area contributed by atoms with Gasteiger partial charge in [-0.05, 0) is 55.2 Å². The van der Waals surface area contributed by atoms with Gasteiger partial charge in [0.15, 0.2) is 0 Å². The molecule has 0 aliphatic carbocycles. The zero-order valence-corrected chi connectivity index (χ0v) is 18.1. The summed E-state index contributed by atoms with van der Waals surface area (Å²) in [5.74, 6) is -0.867. The van der Waals surface area contributed by atoms with Crippen molar-refractivity contribution in [1.82, 2.24) is 10.6 Å². The van der Waals surface area contributed by atoms with Crippen LogP contribution in [0.3, 0.4) is 0 Å². The van der Waals surface area contributed by atoms with Gasteiger partial charge in [0.1, 0.15) is 17.4 Å². The molecule has 166 valence electrons. The number of aryl methyl sites for hydroxylation is 1. The zero-order valence-electron chi connectivity index (χ0n) is 16.5. The first-order valence-electron chi connectivity index (χ1n) is 9.15. The third kappa shape index (κ3) is 10.0. The molecule has 0 fully saturated rings. The number of carbonyl (C=O) groups excluding carboxylic acids is 1. The number of carbonyl (C=O) groups is 1. The Kier molecular flexibility index (Phi) is 10.8. The average Bonchev–Trinajstić information content (AvgIpc) is 2.68. The van der Waals surface area contributed by atoms with E-state index in [1.807, 2.05) is 30.3 Å². The van der Waals surface area contributed by atoms with Crippen molar-refractivity contribution in [2.24, 2.45) is 0 Å². The van der Waals surface area contributed by atoms with Crippen molar-refractivity contribution < 1.29 is 26.9 Å². The van der Waals surface area contributed by atoms with Gasteiger partial charge in [-0.25, -0.2) is 4.39 Å². The highest BCUT2D eigenvalue weighted by molar-refractivity contribution is 7.85. The lowest BCUT2D eigenvalue weighted by Gasteiger charge is -2.14. The van der Waals surface area contributed by atoms with Crippen LogP contribution < -0.4 is 15.4 Å². The lowest BCUT2D eigenvalue weighted by Crippen LogP contribution is -2.43. The van der Waals surface area contributed by atoms with Gasteiger partial charge in [-0.15, -0.1) is 12.4 Å². The van der Waals surface area contributed by atoms with E-state index >= 15 is 0 Å². The van der Waals surface area contributed by atoms with E-state index in [2.05, 4.69) is 10.6 Å². The summed E-state index contributed by atoms with van der Waals surface area (Å²) in [4.78, 5) is 11.7. The Morgan fingerprint density at radius 2 is 1.87 bits per heavy atom. The van der Waals surface area contributed by atoms with Crippen molar-refractivity contribution in [2.45, 2.75) is 32.4 Å². The summed E-state index contributed by atoms with van der Waals surface area (Å²) in [6.07, 6.45) is 1.50. The Morgan fingerprint density at radius 3 is 2.50 bits per heavy atom. The van der Waals surface area contributed by atoms with E-state index < -0.39 is 27.9 Å². The smallest absolute Gasteiger partial charge is 0.283 e. The Labute approximate surface area is 182 Å². The molecule has 0 heterocycles. The molecule has 10 heteroatoms. The molecule has 0 saturated heterocycles. The molecule has 2 rings (SSSR count). The summed E-state index contributed by atoms with van der Waals surface area (Å²) in [6.45, 7) is 2.51. The highest BCUT2D eigenvalue weighted by Crippen LogP contribution is 2.13. The lowest BCUT2D eigenvalue weighted by atomic mass is 10.1. The topological polar surface area (TPSA) is 105 Å². The molecule has 0 saturated carbocycles. The molecule has 2 aromatic carbocycles. The van der Waals surface area contributed by atoms with E-state index in [9.17, 15) is 17.6 Å². The second-order valence-corrected chi connectivity index (χ2v) is 8.05.